The number of sulfonamides is 1. The fourth-order valence-electron chi connectivity index (χ4n) is 2.58. The van der Waals surface area contributed by atoms with Crippen LogP contribution in [0.25, 0.3) is 0 Å². The van der Waals surface area contributed by atoms with Gasteiger partial charge >= 0.3 is 6.09 Å². The number of hydroxylamine groups is 1. The van der Waals surface area contributed by atoms with Gasteiger partial charge in [-0.15, -0.1) is 0 Å². The third kappa shape index (κ3) is 6.81. The summed E-state index contributed by atoms with van der Waals surface area (Å²) >= 11 is 6.04. The van der Waals surface area contributed by atoms with Crippen molar-refractivity contribution in [3.8, 4) is 5.75 Å². The number of nitrogens with zero attached hydrogens (tertiary/aromatic N) is 1. The lowest BCUT2D eigenvalue weighted by molar-refractivity contribution is -0.0258. The number of carbonyl (C=O) groups is 2. The Morgan fingerprint density at radius 1 is 1.03 bits per heavy atom. The lowest BCUT2D eigenvalue weighted by Gasteiger charge is -2.20. The number of nitrogens with one attached hydrogen (secondary N) is 2. The average Bonchev–Trinajstić information content (AvgIpc) is 2.72. The van der Waals surface area contributed by atoms with Crippen LogP contribution in [0.5, 0.6) is 5.75 Å². The van der Waals surface area contributed by atoms with Gasteiger partial charge in [0, 0.05) is 18.3 Å². The fraction of sp³-hybridized carbons (Fsp3) is 0.333. The van der Waals surface area contributed by atoms with Crippen molar-refractivity contribution in [1.29, 1.82) is 0 Å². The van der Waals surface area contributed by atoms with Gasteiger partial charge in [0.05, 0.1) is 24.9 Å². The molecule has 0 atom stereocenters. The van der Waals surface area contributed by atoms with Crippen molar-refractivity contribution in [2.45, 2.75) is 31.3 Å². The van der Waals surface area contributed by atoms with Crippen LogP contribution in [0.4, 0.5) is 16.2 Å². The standard InChI is InChI=1S/C21H26ClN3O7S/c1-21(2,3)32-20(27)24-16-12-14(8-10-17(16)30-5)23-19(26)13-7-9-15(22)18(11-13)33(28,29)25(4)31-6/h7-12H,1-6H3,(H,23,26)(H,24,27). The van der Waals surface area contributed by atoms with Crippen LogP contribution in [0.15, 0.2) is 41.3 Å². The molecule has 0 aliphatic carbocycles. The molecule has 2 N–H and O–H groups in total. The number of anilines is 2. The molecule has 0 unspecified atom stereocenters. The van der Waals surface area contributed by atoms with E-state index >= 15 is 0 Å². The number of carbonyl (C=O) groups excluding carboxylic acids is 2. The molecule has 0 aromatic heterocycles. The lowest BCUT2D eigenvalue weighted by Crippen LogP contribution is -2.27. The molecule has 12 heteroatoms. The van der Waals surface area contributed by atoms with E-state index in [1.54, 1.807) is 32.9 Å². The monoisotopic (exact) mass is 499 g/mol. The quantitative estimate of drug-likeness (QED) is 0.549. The molecule has 180 valence electrons. The number of benzene rings is 2. The Morgan fingerprint density at radius 3 is 2.27 bits per heavy atom. The van der Waals surface area contributed by atoms with Crippen LogP contribution in [-0.2, 0) is 19.6 Å². The molecule has 0 radical (unpaired) electrons. The molecule has 33 heavy (non-hydrogen) atoms. The number of ether oxygens (including phenoxy) is 2. The molecule has 0 fully saturated rings. The molecule has 0 aliphatic rings. The van der Waals surface area contributed by atoms with E-state index in [1.165, 1.54) is 39.5 Å². The van der Waals surface area contributed by atoms with E-state index in [-0.39, 0.29) is 21.2 Å². The minimum absolute atomic E-state index is 0.0416. The topological polar surface area (TPSA) is 123 Å². The number of rotatable bonds is 7. The maximum Gasteiger partial charge on any atom is 0.412 e. The summed E-state index contributed by atoms with van der Waals surface area (Å²) in [5, 5.41) is 5.15. The van der Waals surface area contributed by atoms with E-state index in [0.717, 1.165) is 6.07 Å². The van der Waals surface area contributed by atoms with Gasteiger partial charge in [0.2, 0.25) is 0 Å². The first kappa shape index (κ1) is 26.4. The molecule has 0 aliphatic heterocycles. The first-order chi connectivity index (χ1) is 15.3. The van der Waals surface area contributed by atoms with E-state index in [0.29, 0.717) is 15.9 Å². The lowest BCUT2D eigenvalue weighted by atomic mass is 10.2. The summed E-state index contributed by atoms with van der Waals surface area (Å²) in [7, 11) is -0.248. The van der Waals surface area contributed by atoms with Gasteiger partial charge < -0.3 is 14.8 Å². The summed E-state index contributed by atoms with van der Waals surface area (Å²) in [5.41, 5.74) is -0.0713. The van der Waals surface area contributed by atoms with Crippen molar-refractivity contribution in [2.24, 2.45) is 0 Å². The average molecular weight is 500 g/mol. The third-order valence-corrected chi connectivity index (χ3v) is 6.32. The summed E-state index contributed by atoms with van der Waals surface area (Å²) in [6, 6.07) is 8.42. The van der Waals surface area contributed by atoms with E-state index in [9.17, 15) is 18.0 Å². The Labute approximate surface area is 197 Å². The largest absolute Gasteiger partial charge is 0.495 e. The Bertz CT molecular complexity index is 1150. The maximum absolute atomic E-state index is 12.8. The Kier molecular flexibility index (Phi) is 8.30. The van der Waals surface area contributed by atoms with Gasteiger partial charge in [0.1, 0.15) is 16.2 Å². The molecule has 0 saturated carbocycles. The first-order valence-corrected chi connectivity index (χ1v) is 11.4. The van der Waals surface area contributed by atoms with E-state index in [2.05, 4.69) is 10.6 Å². The highest BCUT2D eigenvalue weighted by Gasteiger charge is 2.25. The van der Waals surface area contributed by atoms with Crippen LogP contribution in [0.2, 0.25) is 5.02 Å². The van der Waals surface area contributed by atoms with Gasteiger partial charge in [-0.3, -0.25) is 14.9 Å². The van der Waals surface area contributed by atoms with Gasteiger partial charge in [-0.1, -0.05) is 16.1 Å². The normalized spacial score (nSPS) is 11.8. The second-order valence-electron chi connectivity index (χ2n) is 7.74. The minimum Gasteiger partial charge on any atom is -0.495 e. The molecule has 2 amide bonds. The fourth-order valence-corrected chi connectivity index (χ4v) is 4.05. The molecule has 0 heterocycles. The second-order valence-corrected chi connectivity index (χ2v) is 10.0. The van der Waals surface area contributed by atoms with Crippen LogP contribution < -0.4 is 15.4 Å². The summed E-state index contributed by atoms with van der Waals surface area (Å²) in [4.78, 5) is 29.4. The zero-order valence-electron chi connectivity index (χ0n) is 19.1. The Hall–Kier alpha value is -2.86. The molecular formula is C21H26ClN3O7S. The SMILES string of the molecule is COc1ccc(NC(=O)c2ccc(Cl)c(S(=O)(=O)N(C)OC)c2)cc1NC(=O)OC(C)(C)C. The van der Waals surface area contributed by atoms with Crippen molar-refractivity contribution in [3.05, 3.63) is 47.0 Å². The van der Waals surface area contributed by atoms with Crippen molar-refractivity contribution < 1.29 is 32.3 Å². The van der Waals surface area contributed by atoms with Crippen LogP contribution in [0.1, 0.15) is 31.1 Å². The zero-order chi connectivity index (χ0) is 25.0. The first-order valence-electron chi connectivity index (χ1n) is 9.60. The predicted molar refractivity (Wildman–Crippen MR) is 124 cm³/mol. The number of hydrogen-bond acceptors (Lipinski definition) is 7. The van der Waals surface area contributed by atoms with Crippen LogP contribution in [0.3, 0.4) is 0 Å². The van der Waals surface area contributed by atoms with Gasteiger partial charge in [-0.05, 0) is 57.2 Å². The second kappa shape index (κ2) is 10.4. The molecule has 10 nitrogen and oxygen atoms in total. The van der Waals surface area contributed by atoms with Gasteiger partial charge in [-0.2, -0.15) is 0 Å². The van der Waals surface area contributed by atoms with Crippen molar-refractivity contribution >= 4 is 45.0 Å². The van der Waals surface area contributed by atoms with Crippen molar-refractivity contribution in [2.75, 3.05) is 31.9 Å². The Morgan fingerprint density at radius 2 is 1.70 bits per heavy atom. The highest BCUT2D eigenvalue weighted by atomic mass is 35.5. The van der Waals surface area contributed by atoms with Crippen LogP contribution >= 0.6 is 11.6 Å². The molecule has 2 aromatic rings. The molecule has 0 saturated heterocycles. The third-order valence-electron chi connectivity index (χ3n) is 4.16. The van der Waals surface area contributed by atoms with Gasteiger partial charge in [-0.25, -0.2) is 13.2 Å². The number of methoxy groups -OCH3 is 1. The molecule has 2 aromatic carbocycles. The number of hydrogen-bond donors (Lipinski definition) is 2. The van der Waals surface area contributed by atoms with Crippen LogP contribution in [-0.4, -0.2) is 51.8 Å². The van der Waals surface area contributed by atoms with E-state index < -0.39 is 27.6 Å². The molecular weight excluding hydrogens is 474 g/mol. The van der Waals surface area contributed by atoms with Gasteiger partial charge in [0.25, 0.3) is 15.9 Å². The maximum atomic E-state index is 12.8. The van der Waals surface area contributed by atoms with Crippen LogP contribution in [0, 0.1) is 0 Å². The summed E-state index contributed by atoms with van der Waals surface area (Å²) in [6.45, 7) is 5.18. The number of amides is 2. The van der Waals surface area contributed by atoms with Gasteiger partial charge in [0.15, 0.2) is 0 Å². The molecule has 0 bridgehead atoms. The van der Waals surface area contributed by atoms with Crippen molar-refractivity contribution in [3.63, 3.8) is 0 Å². The smallest absolute Gasteiger partial charge is 0.412 e. The number of halogens is 1. The summed E-state index contributed by atoms with van der Waals surface area (Å²) in [5.74, 6) is -0.252. The zero-order valence-corrected chi connectivity index (χ0v) is 20.6. The highest BCUT2D eigenvalue weighted by Crippen LogP contribution is 2.30. The summed E-state index contributed by atoms with van der Waals surface area (Å²) < 4.78 is 36.2. The predicted octanol–water partition coefficient (Wildman–Crippen LogP) is 4.13. The van der Waals surface area contributed by atoms with E-state index in [1.807, 2.05) is 0 Å². The van der Waals surface area contributed by atoms with Crippen molar-refractivity contribution in [1.82, 2.24) is 4.47 Å². The van der Waals surface area contributed by atoms with E-state index in [4.69, 9.17) is 25.9 Å². The molecule has 0 spiro atoms. The minimum atomic E-state index is -4.07. The highest BCUT2D eigenvalue weighted by molar-refractivity contribution is 7.89. The Balaban J connectivity index is 2.30. The molecule has 2 rings (SSSR count). The summed E-state index contributed by atoms with van der Waals surface area (Å²) in [6.07, 6.45) is -0.695.